The van der Waals surface area contributed by atoms with Crippen molar-refractivity contribution in [2.24, 2.45) is 0 Å². The molecule has 8 nitrogen and oxygen atoms in total. The maximum atomic E-state index is 13.4. The molecule has 0 saturated heterocycles. The zero-order chi connectivity index (χ0) is 25.9. The molecular weight excluding hydrogens is 474 g/mol. The topological polar surface area (TPSA) is 87.4 Å². The van der Waals surface area contributed by atoms with Crippen molar-refractivity contribution in [3.63, 3.8) is 0 Å². The average molecular weight is 502 g/mol. The first-order valence-electron chi connectivity index (χ1n) is 12.0. The molecule has 37 heavy (non-hydrogen) atoms. The van der Waals surface area contributed by atoms with E-state index in [4.69, 9.17) is 23.4 Å². The highest BCUT2D eigenvalue weighted by molar-refractivity contribution is 5.89. The van der Waals surface area contributed by atoms with Crippen LogP contribution in [-0.2, 0) is 17.8 Å². The van der Waals surface area contributed by atoms with Crippen LogP contribution in [0.25, 0.3) is 11.0 Å². The number of para-hydroxylation sites is 1. The van der Waals surface area contributed by atoms with E-state index in [-0.39, 0.29) is 11.2 Å². The smallest absolute Gasteiger partial charge is 0.338 e. The molecule has 0 saturated carbocycles. The molecule has 0 fully saturated rings. The third-order valence-corrected chi connectivity index (χ3v) is 6.20. The SMILES string of the molecule is CCOC(=O)c1ccc(Oc2c(C)oc3c4c(ccc3c2=O)OCN(Cc2ccccc2OC)C4)cc1. The van der Waals surface area contributed by atoms with E-state index in [0.29, 0.717) is 60.2 Å². The zero-order valence-corrected chi connectivity index (χ0v) is 20.9. The lowest BCUT2D eigenvalue weighted by Crippen LogP contribution is -2.32. The lowest BCUT2D eigenvalue weighted by molar-refractivity contribution is 0.0526. The van der Waals surface area contributed by atoms with Crippen molar-refractivity contribution in [1.29, 1.82) is 0 Å². The van der Waals surface area contributed by atoms with Gasteiger partial charge < -0.3 is 23.4 Å². The summed E-state index contributed by atoms with van der Waals surface area (Å²) < 4.78 is 28.5. The van der Waals surface area contributed by atoms with Crippen LogP contribution < -0.4 is 19.6 Å². The largest absolute Gasteiger partial charge is 0.496 e. The van der Waals surface area contributed by atoms with Gasteiger partial charge in [0.25, 0.3) is 0 Å². The maximum absolute atomic E-state index is 13.4. The van der Waals surface area contributed by atoms with E-state index in [2.05, 4.69) is 4.90 Å². The predicted octanol–water partition coefficient (Wildman–Crippen LogP) is 5.43. The van der Waals surface area contributed by atoms with Crippen LogP contribution in [0.2, 0.25) is 0 Å². The molecular formula is C29H27NO7. The maximum Gasteiger partial charge on any atom is 0.338 e. The van der Waals surface area contributed by atoms with Crippen LogP contribution in [0.1, 0.15) is 34.2 Å². The molecule has 1 aromatic heterocycles. The summed E-state index contributed by atoms with van der Waals surface area (Å²) in [5.74, 6) is 1.94. The van der Waals surface area contributed by atoms with Crippen LogP contribution in [0.5, 0.6) is 23.0 Å². The van der Waals surface area contributed by atoms with Gasteiger partial charge in [0.2, 0.25) is 11.2 Å². The lowest BCUT2D eigenvalue weighted by Gasteiger charge is -2.29. The highest BCUT2D eigenvalue weighted by atomic mass is 16.5. The van der Waals surface area contributed by atoms with Gasteiger partial charge in [0.1, 0.15) is 35.3 Å². The van der Waals surface area contributed by atoms with Crippen molar-refractivity contribution in [1.82, 2.24) is 4.90 Å². The van der Waals surface area contributed by atoms with E-state index in [1.54, 1.807) is 57.4 Å². The number of nitrogens with zero attached hydrogens (tertiary/aromatic N) is 1. The summed E-state index contributed by atoms with van der Waals surface area (Å²) in [4.78, 5) is 27.4. The Morgan fingerprint density at radius 2 is 1.84 bits per heavy atom. The molecule has 5 rings (SSSR count). The van der Waals surface area contributed by atoms with Crippen LogP contribution in [-0.4, -0.2) is 31.3 Å². The number of carbonyl (C=O) groups is 1. The number of benzene rings is 3. The second-order valence-electron chi connectivity index (χ2n) is 8.65. The Balaban J connectivity index is 1.43. The lowest BCUT2D eigenvalue weighted by atomic mass is 10.1. The van der Waals surface area contributed by atoms with Gasteiger partial charge >= 0.3 is 5.97 Å². The molecule has 8 heteroatoms. The van der Waals surface area contributed by atoms with Crippen LogP contribution in [0, 0.1) is 6.92 Å². The molecule has 1 aliphatic rings. The van der Waals surface area contributed by atoms with E-state index in [9.17, 15) is 9.59 Å². The van der Waals surface area contributed by atoms with E-state index >= 15 is 0 Å². The van der Waals surface area contributed by atoms with Crippen LogP contribution in [0.3, 0.4) is 0 Å². The van der Waals surface area contributed by atoms with E-state index in [1.165, 1.54) is 0 Å². The van der Waals surface area contributed by atoms with Gasteiger partial charge in [-0.15, -0.1) is 0 Å². The Bertz CT molecular complexity index is 1510. The average Bonchev–Trinajstić information content (AvgIpc) is 2.92. The quantitative estimate of drug-likeness (QED) is 0.310. The van der Waals surface area contributed by atoms with Crippen LogP contribution in [0.15, 0.2) is 69.9 Å². The molecule has 0 atom stereocenters. The highest BCUT2D eigenvalue weighted by Gasteiger charge is 2.25. The van der Waals surface area contributed by atoms with Gasteiger partial charge in [-0.05, 0) is 56.3 Å². The van der Waals surface area contributed by atoms with Crippen LogP contribution in [0.4, 0.5) is 0 Å². The summed E-state index contributed by atoms with van der Waals surface area (Å²) in [7, 11) is 1.65. The summed E-state index contributed by atoms with van der Waals surface area (Å²) in [6.07, 6.45) is 0. The van der Waals surface area contributed by atoms with Crippen molar-refractivity contribution in [3.05, 3.63) is 93.3 Å². The van der Waals surface area contributed by atoms with Crippen molar-refractivity contribution >= 4 is 16.9 Å². The van der Waals surface area contributed by atoms with Gasteiger partial charge in [0.05, 0.1) is 30.2 Å². The number of fused-ring (bicyclic) bond motifs is 3. The number of aryl methyl sites for hydroxylation is 1. The predicted molar refractivity (Wildman–Crippen MR) is 137 cm³/mol. The first kappa shape index (κ1) is 24.4. The summed E-state index contributed by atoms with van der Waals surface area (Å²) in [6.45, 7) is 5.30. The van der Waals surface area contributed by atoms with Gasteiger partial charge in [-0.1, -0.05) is 18.2 Å². The normalized spacial score (nSPS) is 13.1. The Morgan fingerprint density at radius 1 is 1.05 bits per heavy atom. The second-order valence-corrected chi connectivity index (χ2v) is 8.65. The molecule has 0 N–H and O–H groups in total. The molecule has 0 radical (unpaired) electrons. The fourth-order valence-corrected chi connectivity index (χ4v) is 4.39. The minimum atomic E-state index is -0.415. The number of methoxy groups -OCH3 is 1. The fraction of sp³-hybridized carbons (Fsp3) is 0.241. The fourth-order valence-electron chi connectivity index (χ4n) is 4.39. The molecule has 0 unspecified atom stereocenters. The second kappa shape index (κ2) is 10.4. The van der Waals surface area contributed by atoms with Gasteiger partial charge in [0.15, 0.2) is 0 Å². The van der Waals surface area contributed by atoms with E-state index in [1.807, 2.05) is 24.3 Å². The monoisotopic (exact) mass is 501 g/mol. The molecule has 0 aliphatic carbocycles. The van der Waals surface area contributed by atoms with Crippen LogP contribution >= 0.6 is 0 Å². The summed E-state index contributed by atoms with van der Waals surface area (Å²) in [6, 6.07) is 17.8. The van der Waals surface area contributed by atoms with Crippen molar-refractivity contribution in [2.75, 3.05) is 20.4 Å². The van der Waals surface area contributed by atoms with Crippen molar-refractivity contribution < 1.29 is 28.2 Å². The first-order chi connectivity index (χ1) is 18.0. The van der Waals surface area contributed by atoms with E-state index < -0.39 is 5.97 Å². The Labute approximate surface area is 213 Å². The third-order valence-electron chi connectivity index (χ3n) is 6.20. The summed E-state index contributed by atoms with van der Waals surface area (Å²) in [5.41, 5.74) is 2.46. The summed E-state index contributed by atoms with van der Waals surface area (Å²) >= 11 is 0. The molecule has 190 valence electrons. The number of hydrogen-bond acceptors (Lipinski definition) is 8. The van der Waals surface area contributed by atoms with Gasteiger partial charge in [-0.25, -0.2) is 4.79 Å². The molecule has 1 aliphatic heterocycles. The molecule has 0 spiro atoms. The zero-order valence-electron chi connectivity index (χ0n) is 20.9. The molecule has 4 aromatic rings. The molecule has 0 amide bonds. The number of rotatable bonds is 7. The minimum absolute atomic E-state index is 0.0962. The summed E-state index contributed by atoms with van der Waals surface area (Å²) in [5, 5.41) is 0.408. The third kappa shape index (κ3) is 4.88. The molecule has 2 heterocycles. The van der Waals surface area contributed by atoms with E-state index in [0.717, 1.165) is 16.9 Å². The Kier molecular flexibility index (Phi) is 6.83. The number of carbonyl (C=O) groups excluding carboxylic acids is 1. The Morgan fingerprint density at radius 3 is 2.59 bits per heavy atom. The molecule has 0 bridgehead atoms. The van der Waals surface area contributed by atoms with Crippen molar-refractivity contribution in [2.45, 2.75) is 26.9 Å². The number of hydrogen-bond donors (Lipinski definition) is 0. The first-order valence-corrected chi connectivity index (χ1v) is 12.0. The standard InChI is InChI=1S/C29H27NO7/c1-4-34-29(32)19-9-11-21(12-10-19)37-27-18(2)36-28-22(26(27)31)13-14-25-23(28)16-30(17-35-25)15-20-7-5-6-8-24(20)33-3/h5-14H,4,15-17H2,1-3H3. The van der Waals surface area contributed by atoms with Gasteiger partial charge in [-0.2, -0.15) is 0 Å². The molecule has 3 aromatic carbocycles. The highest BCUT2D eigenvalue weighted by Crippen LogP contribution is 2.35. The van der Waals surface area contributed by atoms with Gasteiger partial charge in [0, 0.05) is 18.7 Å². The van der Waals surface area contributed by atoms with Crippen molar-refractivity contribution in [3.8, 4) is 23.0 Å². The Hall–Kier alpha value is -4.30. The number of esters is 1. The van der Waals surface area contributed by atoms with Gasteiger partial charge in [-0.3, -0.25) is 9.69 Å². The number of ether oxygens (including phenoxy) is 4. The minimum Gasteiger partial charge on any atom is -0.496 e.